The van der Waals surface area contributed by atoms with Crippen LogP contribution in [0.4, 0.5) is 13.2 Å². The zero-order chi connectivity index (χ0) is 30.6. The lowest BCUT2D eigenvalue weighted by Crippen LogP contribution is -2.47. The van der Waals surface area contributed by atoms with E-state index in [1.807, 2.05) is 29.2 Å². The summed E-state index contributed by atoms with van der Waals surface area (Å²) in [6, 6.07) is 10.8. The van der Waals surface area contributed by atoms with E-state index in [-0.39, 0.29) is 24.8 Å². The molecular formula is C27H34F3N3O8. The first kappa shape index (κ1) is 33.0. The van der Waals surface area contributed by atoms with Crippen LogP contribution in [-0.2, 0) is 16.1 Å². The third kappa shape index (κ3) is 9.74. The lowest BCUT2D eigenvalue weighted by molar-refractivity contribution is -0.192. The molecule has 0 unspecified atom stereocenters. The van der Waals surface area contributed by atoms with Crippen molar-refractivity contribution in [3.05, 3.63) is 47.5 Å². The van der Waals surface area contributed by atoms with Crippen molar-refractivity contribution >= 4 is 17.8 Å². The molecule has 1 saturated heterocycles. The Morgan fingerprint density at radius 2 is 1.54 bits per heavy atom. The van der Waals surface area contributed by atoms with Gasteiger partial charge in [0.1, 0.15) is 5.75 Å². The number of rotatable bonds is 10. The molecule has 2 aromatic rings. The van der Waals surface area contributed by atoms with Gasteiger partial charge in [0.25, 0.3) is 5.91 Å². The van der Waals surface area contributed by atoms with Crippen LogP contribution in [0.5, 0.6) is 23.0 Å². The van der Waals surface area contributed by atoms with Gasteiger partial charge < -0.3 is 39.2 Å². The molecule has 0 spiro atoms. The SMILES string of the molecule is COc1cccc(CN(CCC(=O)N2CCNCC2)C(=O)c2cc(OC)c(OC)c(OC)c2)c1.O=C(O)C(F)(F)F. The maximum Gasteiger partial charge on any atom is 0.490 e. The summed E-state index contributed by atoms with van der Waals surface area (Å²) in [7, 11) is 6.13. The molecule has 226 valence electrons. The number of piperazine rings is 1. The van der Waals surface area contributed by atoms with Crippen molar-refractivity contribution in [2.45, 2.75) is 19.1 Å². The van der Waals surface area contributed by atoms with Gasteiger partial charge in [-0.2, -0.15) is 13.2 Å². The number of nitrogens with one attached hydrogen (secondary N) is 1. The van der Waals surface area contributed by atoms with E-state index in [1.165, 1.54) is 21.3 Å². The fraction of sp³-hybridized carbons (Fsp3) is 0.444. The number of methoxy groups -OCH3 is 4. The molecule has 0 aliphatic carbocycles. The standard InChI is InChI=1S/C25H33N3O6.C2HF3O2/c1-31-20-7-5-6-18(14-20)17-28(11-8-23(29)27-12-9-26-10-13-27)25(30)19-15-21(32-2)24(34-4)22(16-19)33-3;3-2(4,5)1(6)7/h5-7,14-16,26H,8-13,17H2,1-4H3;(H,6,7). The van der Waals surface area contributed by atoms with Gasteiger partial charge in [-0.05, 0) is 29.8 Å². The van der Waals surface area contributed by atoms with E-state index in [1.54, 1.807) is 24.1 Å². The van der Waals surface area contributed by atoms with Crippen molar-refractivity contribution in [3.8, 4) is 23.0 Å². The molecule has 2 amide bonds. The first-order chi connectivity index (χ1) is 19.4. The average Bonchev–Trinajstić information content (AvgIpc) is 2.98. The topological polar surface area (TPSA) is 127 Å². The predicted molar refractivity (Wildman–Crippen MR) is 142 cm³/mol. The van der Waals surface area contributed by atoms with Crippen LogP contribution in [0.15, 0.2) is 36.4 Å². The third-order valence-electron chi connectivity index (χ3n) is 6.01. The molecule has 11 nitrogen and oxygen atoms in total. The Hall–Kier alpha value is -4.20. The summed E-state index contributed by atoms with van der Waals surface area (Å²) in [6.07, 6.45) is -4.85. The van der Waals surface area contributed by atoms with Crippen LogP contribution < -0.4 is 24.3 Å². The minimum absolute atomic E-state index is 0.0369. The highest BCUT2D eigenvalue weighted by Gasteiger charge is 2.38. The zero-order valence-electron chi connectivity index (χ0n) is 23.2. The Bertz CT molecular complexity index is 1160. The van der Waals surface area contributed by atoms with E-state index >= 15 is 0 Å². The Morgan fingerprint density at radius 3 is 2.02 bits per heavy atom. The number of benzene rings is 2. The lowest BCUT2D eigenvalue weighted by Gasteiger charge is -2.29. The molecule has 41 heavy (non-hydrogen) atoms. The molecule has 1 heterocycles. The van der Waals surface area contributed by atoms with Crippen LogP contribution in [0.2, 0.25) is 0 Å². The number of halogens is 3. The number of amides is 2. The molecule has 1 aliphatic rings. The van der Waals surface area contributed by atoms with Gasteiger partial charge in [0, 0.05) is 51.3 Å². The quantitative estimate of drug-likeness (QED) is 0.433. The van der Waals surface area contributed by atoms with Crippen LogP contribution in [-0.4, -0.2) is 100 Å². The second kappa shape index (κ2) is 15.6. The number of carboxylic acid groups (broad SMARTS) is 1. The largest absolute Gasteiger partial charge is 0.497 e. The summed E-state index contributed by atoms with van der Waals surface area (Å²) in [6.45, 7) is 3.51. The Morgan fingerprint density at radius 1 is 0.951 bits per heavy atom. The summed E-state index contributed by atoms with van der Waals surface area (Å²) in [5, 5.41) is 10.4. The first-order valence-electron chi connectivity index (χ1n) is 12.5. The highest BCUT2D eigenvalue weighted by molar-refractivity contribution is 5.96. The number of hydrogen-bond donors (Lipinski definition) is 2. The molecule has 14 heteroatoms. The summed E-state index contributed by atoms with van der Waals surface area (Å²) in [4.78, 5) is 38.8. The van der Waals surface area contributed by atoms with E-state index in [4.69, 9.17) is 28.8 Å². The Labute approximate surface area is 235 Å². The van der Waals surface area contributed by atoms with Crippen LogP contribution in [0.1, 0.15) is 22.3 Å². The maximum atomic E-state index is 13.6. The smallest absolute Gasteiger partial charge is 0.490 e. The number of ether oxygens (including phenoxy) is 4. The van der Waals surface area contributed by atoms with Crippen molar-refractivity contribution in [3.63, 3.8) is 0 Å². The van der Waals surface area contributed by atoms with E-state index < -0.39 is 12.1 Å². The number of hydrogen-bond acceptors (Lipinski definition) is 8. The molecule has 3 rings (SSSR count). The molecule has 0 bridgehead atoms. The van der Waals surface area contributed by atoms with Crippen molar-refractivity contribution < 1.29 is 51.6 Å². The van der Waals surface area contributed by atoms with Gasteiger partial charge in [0.05, 0.1) is 28.4 Å². The highest BCUT2D eigenvalue weighted by atomic mass is 19.4. The normalized spacial score (nSPS) is 12.9. The van der Waals surface area contributed by atoms with E-state index in [0.29, 0.717) is 48.2 Å². The van der Waals surface area contributed by atoms with Gasteiger partial charge in [-0.15, -0.1) is 0 Å². The molecule has 2 N–H and O–H groups in total. The van der Waals surface area contributed by atoms with Crippen molar-refractivity contribution in [1.29, 1.82) is 0 Å². The van der Waals surface area contributed by atoms with E-state index in [0.717, 1.165) is 18.7 Å². The zero-order valence-corrected chi connectivity index (χ0v) is 23.2. The predicted octanol–water partition coefficient (Wildman–Crippen LogP) is 2.82. The van der Waals surface area contributed by atoms with Crippen LogP contribution in [0.3, 0.4) is 0 Å². The van der Waals surface area contributed by atoms with Gasteiger partial charge in [-0.1, -0.05) is 12.1 Å². The monoisotopic (exact) mass is 585 g/mol. The molecular weight excluding hydrogens is 551 g/mol. The van der Waals surface area contributed by atoms with Gasteiger partial charge in [0.15, 0.2) is 11.5 Å². The molecule has 0 aromatic heterocycles. The molecule has 0 radical (unpaired) electrons. The number of carbonyl (C=O) groups is 3. The number of carbonyl (C=O) groups excluding carboxylic acids is 2. The fourth-order valence-corrected chi connectivity index (χ4v) is 3.93. The first-order valence-corrected chi connectivity index (χ1v) is 12.5. The number of carboxylic acids is 1. The summed E-state index contributed by atoms with van der Waals surface area (Å²) < 4.78 is 53.3. The summed E-state index contributed by atoms with van der Waals surface area (Å²) in [5.41, 5.74) is 1.28. The summed E-state index contributed by atoms with van der Waals surface area (Å²) >= 11 is 0. The minimum Gasteiger partial charge on any atom is -0.497 e. The van der Waals surface area contributed by atoms with Crippen LogP contribution in [0, 0.1) is 0 Å². The lowest BCUT2D eigenvalue weighted by atomic mass is 10.1. The van der Waals surface area contributed by atoms with Crippen LogP contribution in [0.25, 0.3) is 0 Å². The minimum atomic E-state index is -5.08. The second-order valence-corrected chi connectivity index (χ2v) is 8.68. The number of aliphatic carboxylic acids is 1. The third-order valence-corrected chi connectivity index (χ3v) is 6.01. The van der Waals surface area contributed by atoms with Gasteiger partial charge in [0.2, 0.25) is 11.7 Å². The molecule has 1 fully saturated rings. The van der Waals surface area contributed by atoms with E-state index in [9.17, 15) is 22.8 Å². The Kier molecular flexibility index (Phi) is 12.5. The van der Waals surface area contributed by atoms with Gasteiger partial charge >= 0.3 is 12.1 Å². The summed E-state index contributed by atoms with van der Waals surface area (Å²) in [5.74, 6) is -1.06. The second-order valence-electron chi connectivity index (χ2n) is 8.68. The van der Waals surface area contributed by atoms with Gasteiger partial charge in [-0.25, -0.2) is 4.79 Å². The maximum absolute atomic E-state index is 13.6. The fourth-order valence-electron chi connectivity index (χ4n) is 3.93. The van der Waals surface area contributed by atoms with Crippen molar-refractivity contribution in [2.24, 2.45) is 0 Å². The molecule has 2 aromatic carbocycles. The average molecular weight is 586 g/mol. The molecule has 0 saturated carbocycles. The molecule has 0 atom stereocenters. The van der Waals surface area contributed by atoms with Gasteiger partial charge in [-0.3, -0.25) is 9.59 Å². The van der Waals surface area contributed by atoms with Crippen LogP contribution >= 0.6 is 0 Å². The Balaban J connectivity index is 0.000000745. The molecule has 1 aliphatic heterocycles. The van der Waals surface area contributed by atoms with E-state index in [2.05, 4.69) is 5.32 Å². The number of nitrogens with zero attached hydrogens (tertiary/aromatic N) is 2. The number of alkyl halides is 3. The van der Waals surface area contributed by atoms with Crippen molar-refractivity contribution in [2.75, 3.05) is 61.2 Å². The van der Waals surface area contributed by atoms with Crippen molar-refractivity contribution in [1.82, 2.24) is 15.1 Å². The highest BCUT2D eigenvalue weighted by Crippen LogP contribution is 2.38.